The molecule has 2 N–H and O–H groups in total. The number of halogens is 4. The van der Waals surface area contributed by atoms with Gasteiger partial charge in [0.25, 0.3) is 0 Å². The summed E-state index contributed by atoms with van der Waals surface area (Å²) in [5.41, 5.74) is -0.825. The number of thiazole rings is 1. The van der Waals surface area contributed by atoms with Crippen LogP contribution in [0.5, 0.6) is 0 Å². The van der Waals surface area contributed by atoms with Gasteiger partial charge < -0.3 is 20.1 Å². The van der Waals surface area contributed by atoms with Crippen molar-refractivity contribution in [2.75, 3.05) is 46.1 Å². The molecule has 0 bridgehead atoms. The number of hydrogen-bond acceptors (Lipinski definition) is 5. The smallest absolute Gasteiger partial charge is 0.381 e. The van der Waals surface area contributed by atoms with Gasteiger partial charge in [-0.15, -0.1) is 35.3 Å². The van der Waals surface area contributed by atoms with Gasteiger partial charge in [-0.1, -0.05) is 0 Å². The number of nitrogens with zero attached hydrogens (tertiary/aromatic N) is 2. The second-order valence-corrected chi connectivity index (χ2v) is 7.49. The highest BCUT2D eigenvalue weighted by atomic mass is 127. The molecule has 0 unspecified atom stereocenters. The first-order valence-electron chi connectivity index (χ1n) is 9.68. The van der Waals surface area contributed by atoms with Crippen LogP contribution in [0.4, 0.5) is 13.2 Å². The summed E-state index contributed by atoms with van der Waals surface area (Å²) < 4.78 is 48.8. The van der Waals surface area contributed by atoms with E-state index in [0.29, 0.717) is 49.5 Å². The molecule has 1 aromatic rings. The Kier molecular flexibility index (Phi) is 13.1. The van der Waals surface area contributed by atoms with Crippen LogP contribution in [0.1, 0.15) is 36.9 Å². The molecule has 2 heterocycles. The highest BCUT2D eigenvalue weighted by molar-refractivity contribution is 14.0. The molecule has 0 saturated carbocycles. The molecule has 6 nitrogen and oxygen atoms in total. The van der Waals surface area contributed by atoms with Crippen LogP contribution in [-0.2, 0) is 22.1 Å². The summed E-state index contributed by atoms with van der Waals surface area (Å²) in [7, 11) is 0. The number of guanidine groups is 1. The fourth-order valence-corrected chi connectivity index (χ4v) is 3.51. The number of ether oxygens (including phenoxy) is 2. The summed E-state index contributed by atoms with van der Waals surface area (Å²) in [6.45, 7) is 6.86. The van der Waals surface area contributed by atoms with E-state index < -0.39 is 11.9 Å². The maximum atomic E-state index is 12.6. The van der Waals surface area contributed by atoms with Gasteiger partial charge in [-0.05, 0) is 32.1 Å². The van der Waals surface area contributed by atoms with Gasteiger partial charge in [0.2, 0.25) is 0 Å². The van der Waals surface area contributed by atoms with E-state index in [1.54, 1.807) is 0 Å². The van der Waals surface area contributed by atoms with E-state index in [9.17, 15) is 13.2 Å². The van der Waals surface area contributed by atoms with Crippen molar-refractivity contribution in [2.45, 2.75) is 38.8 Å². The number of nitrogens with one attached hydrogen (secondary N) is 2. The van der Waals surface area contributed by atoms with E-state index in [1.807, 2.05) is 6.92 Å². The molecule has 1 saturated heterocycles. The van der Waals surface area contributed by atoms with Crippen molar-refractivity contribution >= 4 is 41.3 Å². The first-order chi connectivity index (χ1) is 13.5. The van der Waals surface area contributed by atoms with E-state index >= 15 is 0 Å². The zero-order valence-corrected chi connectivity index (χ0v) is 19.7. The average molecular weight is 550 g/mol. The maximum Gasteiger partial charge on any atom is 0.434 e. The molecule has 1 aliphatic heterocycles. The molecule has 0 radical (unpaired) electrons. The lowest BCUT2D eigenvalue weighted by Gasteiger charge is -2.21. The Labute approximate surface area is 191 Å². The number of rotatable bonds is 10. The van der Waals surface area contributed by atoms with Crippen LogP contribution >= 0.6 is 35.3 Å². The van der Waals surface area contributed by atoms with E-state index in [2.05, 4.69) is 20.6 Å². The number of alkyl halides is 3. The molecule has 0 atom stereocenters. The average Bonchev–Trinajstić information content (AvgIpc) is 3.15. The van der Waals surface area contributed by atoms with Gasteiger partial charge in [0, 0.05) is 57.9 Å². The molecule has 0 amide bonds. The van der Waals surface area contributed by atoms with Crippen molar-refractivity contribution in [1.29, 1.82) is 0 Å². The fraction of sp³-hybridized carbons (Fsp3) is 0.778. The fourth-order valence-electron chi connectivity index (χ4n) is 2.71. The van der Waals surface area contributed by atoms with Crippen molar-refractivity contribution in [3.8, 4) is 0 Å². The van der Waals surface area contributed by atoms with Gasteiger partial charge in [0.15, 0.2) is 11.7 Å². The van der Waals surface area contributed by atoms with Crippen LogP contribution < -0.4 is 10.6 Å². The van der Waals surface area contributed by atoms with Crippen molar-refractivity contribution in [2.24, 2.45) is 10.9 Å². The molecule has 168 valence electrons. The SMILES string of the molecule is CCNC(=NCCCOCC1CCOCC1)NCCc1nc(C(F)(F)F)cs1.I. The second-order valence-electron chi connectivity index (χ2n) is 6.55. The van der Waals surface area contributed by atoms with Crippen molar-refractivity contribution in [1.82, 2.24) is 15.6 Å². The van der Waals surface area contributed by atoms with Crippen LogP contribution in [0, 0.1) is 5.92 Å². The van der Waals surface area contributed by atoms with Crippen LogP contribution in [0.25, 0.3) is 0 Å². The molecular weight excluding hydrogens is 520 g/mol. The van der Waals surface area contributed by atoms with Gasteiger partial charge >= 0.3 is 6.18 Å². The zero-order valence-electron chi connectivity index (χ0n) is 16.6. The third-order valence-corrected chi connectivity index (χ3v) is 5.14. The first-order valence-corrected chi connectivity index (χ1v) is 10.6. The minimum atomic E-state index is -4.38. The van der Waals surface area contributed by atoms with E-state index in [-0.39, 0.29) is 24.0 Å². The van der Waals surface area contributed by atoms with Gasteiger partial charge in [-0.3, -0.25) is 4.99 Å². The van der Waals surface area contributed by atoms with Crippen molar-refractivity contribution in [3.63, 3.8) is 0 Å². The highest BCUT2D eigenvalue weighted by Gasteiger charge is 2.33. The maximum absolute atomic E-state index is 12.6. The topological polar surface area (TPSA) is 67.8 Å². The van der Waals surface area contributed by atoms with E-state index in [1.165, 1.54) is 0 Å². The third-order valence-electron chi connectivity index (χ3n) is 4.23. The standard InChI is InChI=1S/C18H29F3N4O2S.HI/c1-2-22-17(23-7-3-9-27-12-14-5-10-26-11-6-14)24-8-4-16-25-15(13-28-16)18(19,20)21;/h13-14H,2-12H2,1H3,(H2,22,23,24);1H. The van der Waals surface area contributed by atoms with Gasteiger partial charge in [0.05, 0.1) is 5.01 Å². The molecule has 1 fully saturated rings. The van der Waals surface area contributed by atoms with Gasteiger partial charge in [-0.25, -0.2) is 4.98 Å². The van der Waals surface area contributed by atoms with E-state index in [0.717, 1.165) is 55.8 Å². The Morgan fingerprint density at radius 2 is 2.10 bits per heavy atom. The summed E-state index contributed by atoms with van der Waals surface area (Å²) in [6.07, 6.45) is -1.02. The Morgan fingerprint density at radius 1 is 1.34 bits per heavy atom. The van der Waals surface area contributed by atoms with Crippen LogP contribution in [0.15, 0.2) is 10.4 Å². The van der Waals surface area contributed by atoms with Crippen LogP contribution in [-0.4, -0.2) is 57.0 Å². The summed E-state index contributed by atoms with van der Waals surface area (Å²) in [4.78, 5) is 8.10. The Hall–Kier alpha value is -0.660. The summed E-state index contributed by atoms with van der Waals surface area (Å²) in [5, 5.41) is 7.76. The Bertz CT molecular complexity index is 596. The number of aromatic nitrogens is 1. The molecule has 0 spiro atoms. The summed E-state index contributed by atoms with van der Waals surface area (Å²) in [6, 6.07) is 0. The molecule has 1 aliphatic rings. The van der Waals surface area contributed by atoms with Crippen LogP contribution in [0.3, 0.4) is 0 Å². The third kappa shape index (κ3) is 10.8. The molecular formula is C18H30F3IN4O2S. The lowest BCUT2D eigenvalue weighted by molar-refractivity contribution is -0.140. The minimum Gasteiger partial charge on any atom is -0.381 e. The molecule has 2 rings (SSSR count). The normalized spacial score (nSPS) is 15.8. The first kappa shape index (κ1) is 26.4. The minimum absolute atomic E-state index is 0. The Morgan fingerprint density at radius 3 is 2.76 bits per heavy atom. The van der Waals surface area contributed by atoms with Crippen molar-refractivity contribution in [3.05, 3.63) is 16.1 Å². The second kappa shape index (κ2) is 14.4. The predicted octanol–water partition coefficient (Wildman–Crippen LogP) is 3.71. The monoisotopic (exact) mass is 550 g/mol. The quantitative estimate of drug-likeness (QED) is 0.201. The summed E-state index contributed by atoms with van der Waals surface area (Å²) >= 11 is 1.02. The Balaban J connectivity index is 0.00000420. The molecule has 0 aliphatic carbocycles. The predicted molar refractivity (Wildman–Crippen MR) is 119 cm³/mol. The number of hydrogen-bond donors (Lipinski definition) is 2. The van der Waals surface area contributed by atoms with Gasteiger partial charge in [0.1, 0.15) is 0 Å². The highest BCUT2D eigenvalue weighted by Crippen LogP contribution is 2.29. The van der Waals surface area contributed by atoms with E-state index in [4.69, 9.17) is 9.47 Å². The zero-order chi connectivity index (χ0) is 20.2. The van der Waals surface area contributed by atoms with Gasteiger partial charge in [-0.2, -0.15) is 13.2 Å². The summed E-state index contributed by atoms with van der Waals surface area (Å²) in [5.74, 6) is 1.25. The molecule has 1 aromatic heterocycles. The molecule has 0 aromatic carbocycles. The van der Waals surface area contributed by atoms with Crippen LogP contribution in [0.2, 0.25) is 0 Å². The van der Waals surface area contributed by atoms with Crippen molar-refractivity contribution < 1.29 is 22.6 Å². The molecule has 29 heavy (non-hydrogen) atoms. The number of aliphatic imine (C=N–C) groups is 1. The lowest BCUT2D eigenvalue weighted by atomic mass is 10.0. The lowest BCUT2D eigenvalue weighted by Crippen LogP contribution is -2.38. The molecule has 11 heteroatoms. The largest absolute Gasteiger partial charge is 0.434 e.